The van der Waals surface area contributed by atoms with Crippen LogP contribution in [0.1, 0.15) is 41.5 Å². The van der Waals surface area contributed by atoms with Gasteiger partial charge < -0.3 is 14.5 Å². The van der Waals surface area contributed by atoms with E-state index in [2.05, 4.69) is 5.32 Å². The molecule has 1 N–H and O–H groups in total. The van der Waals surface area contributed by atoms with E-state index in [-0.39, 0.29) is 28.3 Å². The summed E-state index contributed by atoms with van der Waals surface area (Å²) in [4.78, 5) is 31.4. The molecular formula is C23H29F3N2O5Si. The molecule has 11 heteroatoms. The van der Waals surface area contributed by atoms with Gasteiger partial charge in [-0.25, -0.2) is 0 Å². The lowest BCUT2D eigenvalue weighted by Gasteiger charge is -2.38. The van der Waals surface area contributed by atoms with E-state index in [1.807, 2.05) is 33.9 Å². The fourth-order valence-electron chi connectivity index (χ4n) is 3.25. The quantitative estimate of drug-likeness (QED) is 0.439. The number of ether oxygens (including phenoxy) is 1. The molecule has 0 saturated heterocycles. The molecule has 2 amide bonds. The second-order valence-electron chi connectivity index (χ2n) is 9.64. The number of nitrogens with zero attached hydrogens (tertiary/aromatic N) is 1. The summed E-state index contributed by atoms with van der Waals surface area (Å²) in [7, 11) is -1.19. The smallest absolute Gasteiger partial charge is 0.414 e. The molecule has 0 saturated carbocycles. The molecule has 2 atom stereocenters. The molecule has 2 heterocycles. The van der Waals surface area contributed by atoms with Crippen LogP contribution in [0.3, 0.4) is 0 Å². The summed E-state index contributed by atoms with van der Waals surface area (Å²) < 4.78 is 52.1. The van der Waals surface area contributed by atoms with Crippen LogP contribution in [0.2, 0.25) is 18.1 Å². The van der Waals surface area contributed by atoms with Crippen molar-refractivity contribution < 1.29 is 36.8 Å². The summed E-state index contributed by atoms with van der Waals surface area (Å²) in [5, 5.41) is 2.97. The van der Waals surface area contributed by atoms with Gasteiger partial charge in [-0.05, 0) is 36.3 Å². The van der Waals surface area contributed by atoms with Crippen molar-refractivity contribution in [2.75, 3.05) is 13.7 Å². The van der Waals surface area contributed by atoms with Gasteiger partial charge in [0.05, 0.1) is 23.3 Å². The Morgan fingerprint density at radius 1 is 1.09 bits per heavy atom. The maximum absolute atomic E-state index is 13.7. The number of benzene rings is 1. The Balaban J connectivity index is 1.94. The highest BCUT2D eigenvalue weighted by molar-refractivity contribution is 6.74. The average molecular weight is 499 g/mol. The average Bonchev–Trinajstić information content (AvgIpc) is 2.99. The van der Waals surface area contributed by atoms with Crippen molar-refractivity contribution in [2.45, 2.75) is 57.4 Å². The molecule has 2 unspecified atom stereocenters. The van der Waals surface area contributed by atoms with Crippen LogP contribution in [0.5, 0.6) is 0 Å². The van der Waals surface area contributed by atoms with Gasteiger partial charge >= 0.3 is 6.18 Å². The van der Waals surface area contributed by atoms with Crippen molar-refractivity contribution in [3.8, 4) is 0 Å². The molecule has 0 aromatic heterocycles. The minimum Gasteiger partial charge on any atom is -0.414 e. The molecule has 1 aromatic carbocycles. The zero-order chi connectivity index (χ0) is 25.5. The number of nitrogens with one attached hydrogen (secondary N) is 1. The topological polar surface area (TPSA) is 77.1 Å². The highest BCUT2D eigenvalue weighted by atomic mass is 28.4. The molecule has 2 aliphatic rings. The summed E-state index contributed by atoms with van der Waals surface area (Å²) >= 11 is 0. The van der Waals surface area contributed by atoms with Gasteiger partial charge in [0.15, 0.2) is 14.5 Å². The second-order valence-corrected chi connectivity index (χ2v) is 14.4. The summed E-state index contributed by atoms with van der Waals surface area (Å²) in [5.74, 6) is -1.37. The number of rotatable bonds is 7. The van der Waals surface area contributed by atoms with Crippen molar-refractivity contribution >= 4 is 20.1 Å². The number of hydrogen-bond acceptors (Lipinski definition) is 6. The number of dihydropyridines is 1. The van der Waals surface area contributed by atoms with E-state index in [0.717, 1.165) is 13.2 Å². The third kappa shape index (κ3) is 5.12. The van der Waals surface area contributed by atoms with Gasteiger partial charge in [-0.3, -0.25) is 14.4 Å². The van der Waals surface area contributed by atoms with Crippen LogP contribution < -0.4 is 5.32 Å². The van der Waals surface area contributed by atoms with E-state index in [1.165, 1.54) is 18.3 Å². The van der Waals surface area contributed by atoms with Crippen molar-refractivity contribution in [2.24, 2.45) is 0 Å². The summed E-state index contributed by atoms with van der Waals surface area (Å²) in [5.41, 5.74) is -0.566. The first-order valence-electron chi connectivity index (χ1n) is 10.7. The summed E-state index contributed by atoms with van der Waals surface area (Å²) in [6.45, 7) is 9.87. The molecule has 1 aromatic rings. The molecule has 3 rings (SSSR count). The number of halogens is 3. The minimum absolute atomic E-state index is 0.0656. The fourth-order valence-corrected chi connectivity index (χ4v) is 4.25. The van der Waals surface area contributed by atoms with Gasteiger partial charge in [-0.15, -0.1) is 5.06 Å². The van der Waals surface area contributed by atoms with Gasteiger partial charge in [-0.1, -0.05) is 32.9 Å². The number of alkyl halides is 3. The molecule has 0 spiro atoms. The van der Waals surface area contributed by atoms with Crippen molar-refractivity contribution in [3.05, 3.63) is 58.8 Å². The van der Waals surface area contributed by atoms with Gasteiger partial charge in [0, 0.05) is 18.9 Å². The lowest BCUT2D eigenvalue weighted by molar-refractivity contribution is -0.130. The largest absolute Gasteiger partial charge is 0.417 e. The Kier molecular flexibility index (Phi) is 7.14. The Morgan fingerprint density at radius 2 is 1.65 bits per heavy atom. The maximum atomic E-state index is 13.7. The van der Waals surface area contributed by atoms with Gasteiger partial charge in [0.25, 0.3) is 11.8 Å². The van der Waals surface area contributed by atoms with Crippen LogP contribution in [0.15, 0.2) is 47.7 Å². The predicted octanol–water partition coefficient (Wildman–Crippen LogP) is 4.55. The molecule has 0 aliphatic carbocycles. The molecule has 0 fully saturated rings. The third-order valence-electron chi connectivity index (χ3n) is 6.33. The number of imide groups is 1. The van der Waals surface area contributed by atoms with Crippen LogP contribution in [0.4, 0.5) is 13.2 Å². The maximum Gasteiger partial charge on any atom is 0.417 e. The number of carbonyl (C=O) groups excluding carboxylic acids is 2. The van der Waals surface area contributed by atoms with Crippen molar-refractivity contribution in [3.63, 3.8) is 0 Å². The number of hydroxylamine groups is 2. The van der Waals surface area contributed by atoms with Crippen LogP contribution in [-0.4, -0.2) is 57.4 Å². The minimum atomic E-state index is -4.67. The van der Waals surface area contributed by atoms with Gasteiger partial charge in [0.2, 0.25) is 0 Å². The number of hydrogen-bond donors (Lipinski definition) is 1. The normalized spacial score (nSPS) is 20.0. The van der Waals surface area contributed by atoms with Crippen LogP contribution in [-0.2, 0) is 14.0 Å². The Morgan fingerprint density at radius 3 is 2.12 bits per heavy atom. The molecule has 0 bridgehead atoms. The molecule has 186 valence electrons. The van der Waals surface area contributed by atoms with Gasteiger partial charge in [-0.2, -0.15) is 13.2 Å². The number of fused-ring (bicyclic) bond motifs is 1. The van der Waals surface area contributed by atoms with E-state index in [9.17, 15) is 22.8 Å². The van der Waals surface area contributed by atoms with Crippen LogP contribution in [0.25, 0.3) is 0 Å². The van der Waals surface area contributed by atoms with E-state index < -0.39 is 44.2 Å². The number of carbonyl (C=O) groups is 2. The molecule has 7 nitrogen and oxygen atoms in total. The standard InChI is InChI=1S/C23H29F3N2O5Si/c1-22(2,3)34(5,6)32-13-18(14-11-17(23(24,25)26)19(31-4)27-12-14)33-28-20(29)15-9-7-8-10-16(15)21(28)30/h7-12,18-19,27H,13H2,1-6H3. The van der Waals surface area contributed by atoms with E-state index in [1.54, 1.807) is 12.1 Å². The van der Waals surface area contributed by atoms with E-state index in [4.69, 9.17) is 14.0 Å². The van der Waals surface area contributed by atoms with Crippen molar-refractivity contribution in [1.82, 2.24) is 10.4 Å². The zero-order valence-electron chi connectivity index (χ0n) is 19.9. The van der Waals surface area contributed by atoms with Gasteiger partial charge in [0.1, 0.15) is 6.10 Å². The van der Waals surface area contributed by atoms with Crippen LogP contribution in [0, 0.1) is 0 Å². The summed E-state index contributed by atoms with van der Waals surface area (Å²) in [6, 6.07) is 6.21. The SMILES string of the molecule is COC1NC=C(C(CO[Si](C)(C)C(C)(C)C)ON2C(=O)c3ccccc3C2=O)C=C1C(F)(F)F. The lowest BCUT2D eigenvalue weighted by Crippen LogP contribution is -2.46. The second kappa shape index (κ2) is 9.29. The highest BCUT2D eigenvalue weighted by Gasteiger charge is 2.44. The Hall–Kier alpha value is -2.47. The monoisotopic (exact) mass is 498 g/mol. The van der Waals surface area contributed by atoms with Crippen LogP contribution >= 0.6 is 0 Å². The van der Waals surface area contributed by atoms with E-state index >= 15 is 0 Å². The lowest BCUT2D eigenvalue weighted by atomic mass is 10.0. The Bertz CT molecular complexity index is 995. The summed E-state index contributed by atoms with van der Waals surface area (Å²) in [6.07, 6.45) is -5.01. The Labute approximate surface area is 197 Å². The first kappa shape index (κ1) is 26.1. The van der Waals surface area contributed by atoms with Crippen molar-refractivity contribution in [1.29, 1.82) is 0 Å². The molecule has 2 aliphatic heterocycles. The third-order valence-corrected chi connectivity index (χ3v) is 10.8. The predicted molar refractivity (Wildman–Crippen MR) is 121 cm³/mol. The molecule has 0 radical (unpaired) electrons. The fraction of sp³-hybridized carbons (Fsp3) is 0.478. The zero-order valence-corrected chi connectivity index (χ0v) is 20.9. The molecule has 34 heavy (non-hydrogen) atoms. The first-order valence-corrected chi connectivity index (χ1v) is 13.6. The highest BCUT2D eigenvalue weighted by Crippen LogP contribution is 2.38. The van der Waals surface area contributed by atoms with E-state index in [0.29, 0.717) is 5.06 Å². The molecular weight excluding hydrogens is 469 g/mol. The number of amides is 2. The first-order chi connectivity index (χ1) is 15.7. The number of methoxy groups -OCH3 is 1.